The molecule has 31 heavy (non-hydrogen) atoms. The number of fused-ring (bicyclic) bond motifs is 1. The maximum absolute atomic E-state index is 13.0. The van der Waals surface area contributed by atoms with Crippen molar-refractivity contribution in [2.75, 3.05) is 17.7 Å². The lowest BCUT2D eigenvalue weighted by atomic mass is 9.75. The van der Waals surface area contributed by atoms with Gasteiger partial charge in [-0.3, -0.25) is 4.79 Å². The molecule has 0 spiro atoms. The Bertz CT molecular complexity index is 1110. The lowest BCUT2D eigenvalue weighted by Crippen LogP contribution is -2.29. The van der Waals surface area contributed by atoms with Crippen molar-refractivity contribution in [1.29, 1.82) is 0 Å². The van der Waals surface area contributed by atoms with E-state index in [2.05, 4.69) is 48.5 Å². The van der Waals surface area contributed by atoms with Gasteiger partial charge in [0.05, 0.1) is 24.1 Å². The van der Waals surface area contributed by atoms with Gasteiger partial charge >= 0.3 is 0 Å². The topological polar surface area (TPSA) is 76.1 Å². The molecule has 0 saturated heterocycles. The zero-order valence-electron chi connectivity index (χ0n) is 18.5. The van der Waals surface area contributed by atoms with Crippen LogP contribution in [-0.2, 0) is 12.8 Å². The molecule has 1 aliphatic rings. The number of hydrogen-bond donors (Lipinski definition) is 2. The number of nitrogens with one attached hydrogen (secondary N) is 2. The molecule has 0 aliphatic heterocycles. The van der Waals surface area contributed by atoms with Gasteiger partial charge in [0.2, 0.25) is 5.95 Å². The molecule has 6 heteroatoms. The number of methoxy groups -OCH3 is 1. The van der Waals surface area contributed by atoms with Crippen LogP contribution in [0.25, 0.3) is 0 Å². The summed E-state index contributed by atoms with van der Waals surface area (Å²) in [5.41, 5.74) is 4.12. The Morgan fingerprint density at radius 3 is 2.45 bits per heavy atom. The van der Waals surface area contributed by atoms with E-state index < -0.39 is 0 Å². The number of carbonyl (C=O) groups excluding carboxylic acids is 1. The first-order chi connectivity index (χ1) is 14.9. The van der Waals surface area contributed by atoms with Crippen molar-refractivity contribution in [3.63, 3.8) is 0 Å². The lowest BCUT2D eigenvalue weighted by molar-refractivity contribution is 0.0911. The number of ketones is 1. The van der Waals surface area contributed by atoms with E-state index in [4.69, 9.17) is 9.72 Å². The Morgan fingerprint density at radius 2 is 1.74 bits per heavy atom. The second-order valence-electron chi connectivity index (χ2n) is 8.66. The summed E-state index contributed by atoms with van der Waals surface area (Å²) in [6.45, 7) is 6.32. The molecule has 2 aromatic carbocycles. The Balaban J connectivity index is 1.76. The minimum atomic E-state index is -0.139. The highest BCUT2D eigenvalue weighted by atomic mass is 16.5. The van der Waals surface area contributed by atoms with Crippen LogP contribution in [0.4, 0.5) is 23.1 Å². The van der Waals surface area contributed by atoms with Crippen LogP contribution in [0.5, 0.6) is 5.75 Å². The third-order valence-electron chi connectivity index (χ3n) is 5.53. The third kappa shape index (κ3) is 4.53. The van der Waals surface area contributed by atoms with E-state index in [9.17, 15) is 4.79 Å². The summed E-state index contributed by atoms with van der Waals surface area (Å²) in [5, 5.41) is 6.61. The van der Waals surface area contributed by atoms with E-state index >= 15 is 0 Å². The van der Waals surface area contributed by atoms with Gasteiger partial charge in [-0.1, -0.05) is 45.0 Å². The SMILES string of the molecule is CCc1ccc(Nc2nc3c(c(Nc4ccccc4OC)n2)C(=O)CC(C)(C)C3)cc1. The first-order valence-corrected chi connectivity index (χ1v) is 10.6. The monoisotopic (exact) mass is 416 g/mol. The molecule has 0 atom stereocenters. The Hall–Kier alpha value is -3.41. The highest BCUT2D eigenvalue weighted by Crippen LogP contribution is 2.38. The van der Waals surface area contributed by atoms with E-state index in [1.807, 2.05) is 36.4 Å². The summed E-state index contributed by atoms with van der Waals surface area (Å²) < 4.78 is 5.46. The first-order valence-electron chi connectivity index (χ1n) is 10.6. The Kier molecular flexibility index (Phi) is 5.63. The van der Waals surface area contributed by atoms with E-state index in [1.165, 1.54) is 5.56 Å². The zero-order chi connectivity index (χ0) is 22.0. The standard InChI is InChI=1S/C25H28N4O2/c1-5-16-10-12-17(13-11-16)26-24-28-19-14-25(2,3)15-20(30)22(19)23(29-24)27-18-8-6-7-9-21(18)31-4/h6-13H,5,14-15H2,1-4H3,(H2,26,27,28,29). The van der Waals surface area contributed by atoms with Crippen molar-refractivity contribution < 1.29 is 9.53 Å². The summed E-state index contributed by atoms with van der Waals surface area (Å²) in [5.74, 6) is 1.71. The predicted molar refractivity (Wildman–Crippen MR) is 124 cm³/mol. The van der Waals surface area contributed by atoms with E-state index in [0.717, 1.165) is 23.5 Å². The summed E-state index contributed by atoms with van der Waals surface area (Å²) in [6.07, 6.45) is 2.16. The molecule has 160 valence electrons. The normalized spacial score (nSPS) is 14.6. The molecule has 0 amide bonds. The molecule has 0 fully saturated rings. The molecule has 2 N–H and O–H groups in total. The number of para-hydroxylation sites is 2. The molecule has 4 rings (SSSR count). The Morgan fingerprint density at radius 1 is 1.00 bits per heavy atom. The van der Waals surface area contributed by atoms with Crippen LogP contribution in [0.2, 0.25) is 0 Å². The maximum Gasteiger partial charge on any atom is 0.229 e. The molecule has 1 heterocycles. The van der Waals surface area contributed by atoms with Gasteiger partial charge < -0.3 is 15.4 Å². The van der Waals surface area contributed by atoms with Crippen LogP contribution in [0.1, 0.15) is 48.8 Å². The fourth-order valence-electron chi connectivity index (χ4n) is 3.94. The molecular weight excluding hydrogens is 388 g/mol. The van der Waals surface area contributed by atoms with Gasteiger partial charge in [0.1, 0.15) is 11.6 Å². The smallest absolute Gasteiger partial charge is 0.229 e. The summed E-state index contributed by atoms with van der Waals surface area (Å²) >= 11 is 0. The highest BCUT2D eigenvalue weighted by molar-refractivity contribution is 6.03. The maximum atomic E-state index is 13.0. The molecule has 0 radical (unpaired) electrons. The second kappa shape index (κ2) is 8.38. The zero-order valence-corrected chi connectivity index (χ0v) is 18.5. The second-order valence-corrected chi connectivity index (χ2v) is 8.66. The number of hydrogen-bond acceptors (Lipinski definition) is 6. The van der Waals surface area contributed by atoms with E-state index in [0.29, 0.717) is 35.9 Å². The fourth-order valence-corrected chi connectivity index (χ4v) is 3.94. The number of anilines is 4. The van der Waals surface area contributed by atoms with Crippen LogP contribution in [-0.4, -0.2) is 22.9 Å². The van der Waals surface area contributed by atoms with Crippen molar-refractivity contribution in [1.82, 2.24) is 9.97 Å². The number of benzene rings is 2. The van der Waals surface area contributed by atoms with E-state index in [-0.39, 0.29) is 11.2 Å². The van der Waals surface area contributed by atoms with Gasteiger partial charge in [-0.05, 0) is 48.1 Å². The quantitative estimate of drug-likeness (QED) is 0.538. The average molecular weight is 417 g/mol. The van der Waals surface area contributed by atoms with Crippen LogP contribution >= 0.6 is 0 Å². The van der Waals surface area contributed by atoms with E-state index in [1.54, 1.807) is 7.11 Å². The van der Waals surface area contributed by atoms with Crippen molar-refractivity contribution in [3.05, 3.63) is 65.4 Å². The van der Waals surface area contributed by atoms with Crippen LogP contribution in [0.3, 0.4) is 0 Å². The summed E-state index contributed by atoms with van der Waals surface area (Å²) in [6, 6.07) is 15.8. The lowest BCUT2D eigenvalue weighted by Gasteiger charge is -2.30. The van der Waals surface area contributed by atoms with Gasteiger partial charge in [0.25, 0.3) is 0 Å². The molecule has 0 saturated carbocycles. The van der Waals surface area contributed by atoms with Crippen molar-refractivity contribution >= 4 is 28.9 Å². The number of aromatic nitrogens is 2. The van der Waals surface area contributed by atoms with Gasteiger partial charge in [0.15, 0.2) is 5.78 Å². The summed E-state index contributed by atoms with van der Waals surface area (Å²) in [4.78, 5) is 22.4. The minimum absolute atomic E-state index is 0.0579. The van der Waals surface area contributed by atoms with Gasteiger partial charge in [0, 0.05) is 12.1 Å². The van der Waals surface area contributed by atoms with Crippen molar-refractivity contribution in [2.45, 2.75) is 40.0 Å². The number of ether oxygens (including phenoxy) is 1. The molecule has 1 aromatic heterocycles. The number of Topliss-reactive ketones (excluding diaryl/α,β-unsaturated/α-hetero) is 1. The number of rotatable bonds is 6. The predicted octanol–water partition coefficient (Wildman–Crippen LogP) is 5.69. The van der Waals surface area contributed by atoms with Crippen LogP contribution in [0, 0.1) is 5.41 Å². The third-order valence-corrected chi connectivity index (χ3v) is 5.53. The first kappa shape index (κ1) is 20.8. The highest BCUT2D eigenvalue weighted by Gasteiger charge is 2.35. The largest absolute Gasteiger partial charge is 0.495 e. The Labute approximate surface area is 183 Å². The number of nitrogens with zero attached hydrogens (tertiary/aromatic N) is 2. The molecule has 3 aromatic rings. The van der Waals surface area contributed by atoms with Crippen LogP contribution in [0.15, 0.2) is 48.5 Å². The molecular formula is C25H28N4O2. The summed E-state index contributed by atoms with van der Waals surface area (Å²) in [7, 11) is 1.62. The van der Waals surface area contributed by atoms with Gasteiger partial charge in [-0.2, -0.15) is 4.98 Å². The molecule has 0 bridgehead atoms. The molecule has 1 aliphatic carbocycles. The molecule has 0 unspecified atom stereocenters. The van der Waals surface area contributed by atoms with Crippen LogP contribution < -0.4 is 15.4 Å². The number of carbonyl (C=O) groups is 1. The average Bonchev–Trinajstić information content (AvgIpc) is 2.73. The fraction of sp³-hybridized carbons (Fsp3) is 0.320. The van der Waals surface area contributed by atoms with Gasteiger partial charge in [-0.25, -0.2) is 4.98 Å². The minimum Gasteiger partial charge on any atom is -0.495 e. The molecule has 6 nitrogen and oxygen atoms in total. The van der Waals surface area contributed by atoms with Gasteiger partial charge in [-0.15, -0.1) is 0 Å². The van der Waals surface area contributed by atoms with Crippen molar-refractivity contribution in [2.24, 2.45) is 5.41 Å². The van der Waals surface area contributed by atoms with Crippen molar-refractivity contribution in [3.8, 4) is 5.75 Å². The number of aryl methyl sites for hydroxylation is 1.